The van der Waals surface area contributed by atoms with E-state index in [0.29, 0.717) is 0 Å². The van der Waals surface area contributed by atoms with Gasteiger partial charge in [0.15, 0.2) is 0 Å². The number of nitrogens with zero attached hydrogens (tertiary/aromatic N) is 4. The van der Waals surface area contributed by atoms with Crippen LogP contribution in [-0.4, -0.2) is 11.3 Å². The Bertz CT molecular complexity index is 4030. The summed E-state index contributed by atoms with van der Waals surface area (Å²) >= 11 is 1.95. The van der Waals surface area contributed by atoms with Crippen LogP contribution < -0.4 is 30.4 Å². The van der Waals surface area contributed by atoms with Gasteiger partial charge in [-0.3, -0.25) is 0 Å². The first-order valence-electron chi connectivity index (χ1n) is 23.2. The second-order valence-corrected chi connectivity index (χ2v) is 20.4. The van der Waals surface area contributed by atoms with E-state index in [4.69, 9.17) is 4.42 Å². The molecule has 0 saturated heterocycles. The maximum Gasteiger partial charge on any atom is 0.264 e. The van der Waals surface area contributed by atoms with E-state index in [1.165, 1.54) is 87.3 Å². The van der Waals surface area contributed by atoms with Crippen LogP contribution in [0.5, 0.6) is 0 Å². The van der Waals surface area contributed by atoms with Gasteiger partial charge in [0, 0.05) is 64.8 Å². The van der Waals surface area contributed by atoms with Gasteiger partial charge in [-0.25, -0.2) is 0 Å². The number of para-hydroxylation sites is 6. The lowest BCUT2D eigenvalue weighted by atomic mass is 9.36. The Morgan fingerprint density at radius 3 is 1.96 bits per heavy atom. The zero-order valence-electron chi connectivity index (χ0n) is 37.2. The first kappa shape index (κ1) is 37.2. The Morgan fingerprint density at radius 2 is 1.16 bits per heavy atom. The van der Waals surface area contributed by atoms with Gasteiger partial charge in [0.2, 0.25) is 0 Å². The van der Waals surface area contributed by atoms with Gasteiger partial charge in [0.25, 0.3) is 6.71 Å². The van der Waals surface area contributed by atoms with E-state index < -0.39 is 0 Å². The maximum absolute atomic E-state index is 6.48. The Hall–Kier alpha value is -8.00. The quantitative estimate of drug-likeness (QED) is 0.165. The number of fused-ring (bicyclic) bond motifs is 14. The summed E-state index contributed by atoms with van der Waals surface area (Å²) in [6, 6.07) is 71.9. The number of furan rings is 1. The predicted molar refractivity (Wildman–Crippen MR) is 284 cm³/mol. The number of hydrogen-bond acceptors (Lipinski definition) is 5. The number of rotatable bonds is 4. The zero-order chi connectivity index (χ0) is 44.3. The van der Waals surface area contributed by atoms with E-state index in [0.717, 1.165) is 44.7 Å². The average Bonchev–Trinajstić information content (AvgIpc) is 4.04. The highest BCUT2D eigenvalue weighted by molar-refractivity contribution is 7.33. The molecule has 0 radical (unpaired) electrons. The summed E-state index contributed by atoms with van der Waals surface area (Å²) in [4.78, 5) is 7.64. The zero-order valence-corrected chi connectivity index (χ0v) is 38.0. The molecule has 5 nitrogen and oxygen atoms in total. The van der Waals surface area contributed by atoms with Gasteiger partial charge >= 0.3 is 0 Å². The van der Waals surface area contributed by atoms with Crippen molar-refractivity contribution in [2.75, 3.05) is 14.7 Å². The van der Waals surface area contributed by atoms with E-state index in [1.54, 1.807) is 0 Å². The first-order chi connectivity index (χ1) is 32.9. The van der Waals surface area contributed by atoms with Gasteiger partial charge in [-0.05, 0) is 113 Å². The van der Waals surface area contributed by atoms with E-state index in [9.17, 15) is 0 Å². The molecule has 3 aromatic heterocycles. The van der Waals surface area contributed by atoms with Crippen LogP contribution in [0.2, 0.25) is 0 Å². The second-order valence-electron chi connectivity index (χ2n) is 19.3. The van der Waals surface area contributed by atoms with Crippen molar-refractivity contribution in [1.82, 2.24) is 4.57 Å². The lowest BCUT2D eigenvalue weighted by Crippen LogP contribution is -2.61. The molecule has 15 rings (SSSR count). The van der Waals surface area contributed by atoms with Gasteiger partial charge in [-0.15, -0.1) is 11.3 Å². The van der Waals surface area contributed by atoms with Gasteiger partial charge in [-0.2, -0.15) is 0 Å². The van der Waals surface area contributed by atoms with Crippen molar-refractivity contribution in [3.8, 4) is 5.69 Å². The van der Waals surface area contributed by atoms with E-state index in [2.05, 4.69) is 234 Å². The van der Waals surface area contributed by atoms with Crippen LogP contribution >= 0.6 is 11.3 Å². The molecule has 7 heteroatoms. The highest BCUT2D eigenvalue weighted by atomic mass is 32.1. The summed E-state index contributed by atoms with van der Waals surface area (Å²) in [5.41, 5.74) is 19.8. The molecule has 3 aliphatic heterocycles. The lowest BCUT2D eigenvalue weighted by Gasteiger charge is -2.46. The minimum absolute atomic E-state index is 0.0325. The lowest BCUT2D eigenvalue weighted by molar-refractivity contribution is 0.591. The van der Waals surface area contributed by atoms with Crippen molar-refractivity contribution in [2.24, 2.45) is 0 Å². The fourth-order valence-corrected chi connectivity index (χ4v) is 13.0. The van der Waals surface area contributed by atoms with Crippen molar-refractivity contribution in [3.05, 3.63) is 200 Å². The van der Waals surface area contributed by atoms with Crippen molar-refractivity contribution in [1.29, 1.82) is 0 Å². The molecule has 0 unspecified atom stereocenters. The third-order valence-electron chi connectivity index (χ3n) is 14.6. The molecule has 0 N–H and O–H groups in total. The summed E-state index contributed by atoms with van der Waals surface area (Å²) in [5.74, 6) is 0. The molecular weight excluding hydrogens is 836 g/mol. The molecule has 316 valence electrons. The smallest absolute Gasteiger partial charge is 0.264 e. The molecule has 0 saturated carbocycles. The number of hydrogen-bond donors (Lipinski definition) is 0. The molecule has 0 bridgehead atoms. The Kier molecular flexibility index (Phi) is 7.40. The molecule has 0 spiro atoms. The Labute approximate surface area is 392 Å². The highest BCUT2D eigenvalue weighted by Gasteiger charge is 2.48. The largest absolute Gasteiger partial charge is 0.456 e. The van der Waals surface area contributed by atoms with Crippen molar-refractivity contribution >= 4 is 139 Å². The average molecular weight is 877 g/mol. The minimum atomic E-state index is -0.0383. The van der Waals surface area contributed by atoms with Crippen LogP contribution in [0.25, 0.3) is 59.5 Å². The SMILES string of the molecule is CC(C)(C)c1ccc2sc3c(c2c1)N(c1ccc2oc4ccccc4c2c1)c1cc(N(c2ccccc2)c2ccccc2)cc2c1B3c1cccc3c1N2c1cccc2c4ccccc4n-3c12. The van der Waals surface area contributed by atoms with Gasteiger partial charge in [0.05, 0.1) is 39.5 Å². The third-order valence-corrected chi connectivity index (χ3v) is 15.8. The van der Waals surface area contributed by atoms with Crippen LogP contribution in [-0.2, 0) is 5.41 Å². The molecular formula is C60H41BN4OS. The molecule has 0 amide bonds. The van der Waals surface area contributed by atoms with Crippen molar-refractivity contribution in [3.63, 3.8) is 0 Å². The van der Waals surface area contributed by atoms with Gasteiger partial charge < -0.3 is 23.7 Å². The van der Waals surface area contributed by atoms with Crippen LogP contribution in [0.15, 0.2) is 199 Å². The molecule has 0 aliphatic carbocycles. The van der Waals surface area contributed by atoms with Crippen molar-refractivity contribution in [2.45, 2.75) is 26.2 Å². The minimum Gasteiger partial charge on any atom is -0.456 e. The summed E-state index contributed by atoms with van der Waals surface area (Å²) in [6.45, 7) is 6.94. The van der Waals surface area contributed by atoms with E-state index >= 15 is 0 Å². The standard InChI is InChI=1S/C60H41BN4OS/c1-60(2,3)36-28-31-54-45(32-36)57-59(67-54)61-46-23-15-26-49-58(46)65(48-25-14-22-43-41-20-10-12-24-47(41)64(49)56(43)48)51-35-40(62(37-16-6-4-7-17-37)38-18-8-5-9-19-38)34-50(55(51)61)63(57)39-29-30-53-44(33-39)42-21-11-13-27-52(42)66-53/h4-35H,1-3H3. The molecule has 9 aromatic carbocycles. The topological polar surface area (TPSA) is 27.8 Å². The molecule has 0 fully saturated rings. The normalized spacial score (nSPS) is 13.5. The number of thiophene rings is 1. The summed E-state index contributed by atoms with van der Waals surface area (Å²) in [7, 11) is 0. The predicted octanol–water partition coefficient (Wildman–Crippen LogP) is 15.1. The van der Waals surface area contributed by atoms with E-state index in [-0.39, 0.29) is 12.1 Å². The fraction of sp³-hybridized carbons (Fsp3) is 0.0667. The first-order valence-corrected chi connectivity index (χ1v) is 24.0. The molecule has 0 atom stereocenters. The molecule has 6 heterocycles. The molecule has 3 aliphatic rings. The van der Waals surface area contributed by atoms with Crippen LogP contribution in [0.1, 0.15) is 26.3 Å². The van der Waals surface area contributed by atoms with Gasteiger partial charge in [-0.1, -0.05) is 124 Å². The van der Waals surface area contributed by atoms with Crippen molar-refractivity contribution < 1.29 is 4.42 Å². The second kappa shape index (κ2) is 13.3. The summed E-state index contributed by atoms with van der Waals surface area (Å²) in [5, 5.41) is 6.03. The van der Waals surface area contributed by atoms with Gasteiger partial charge in [0.1, 0.15) is 11.2 Å². The fourth-order valence-electron chi connectivity index (χ4n) is 11.7. The van der Waals surface area contributed by atoms with Crippen LogP contribution in [0.4, 0.5) is 51.2 Å². The monoisotopic (exact) mass is 876 g/mol. The van der Waals surface area contributed by atoms with E-state index in [1.807, 2.05) is 11.3 Å². The number of aromatic nitrogens is 1. The highest BCUT2D eigenvalue weighted by Crippen LogP contribution is 2.55. The summed E-state index contributed by atoms with van der Waals surface area (Å²) < 4.78 is 11.7. The number of benzene rings is 9. The number of anilines is 9. The maximum atomic E-state index is 6.48. The third kappa shape index (κ3) is 5.04. The van der Waals surface area contributed by atoms with Crippen LogP contribution in [0, 0.1) is 0 Å². The molecule has 67 heavy (non-hydrogen) atoms. The summed E-state index contributed by atoms with van der Waals surface area (Å²) in [6.07, 6.45) is 0. The Morgan fingerprint density at radius 1 is 0.493 bits per heavy atom. The van der Waals surface area contributed by atoms with Crippen LogP contribution in [0.3, 0.4) is 0 Å². The molecule has 12 aromatic rings. The Balaban J connectivity index is 1.12.